The van der Waals surface area contributed by atoms with E-state index in [0.29, 0.717) is 11.9 Å². The Labute approximate surface area is 100 Å². The number of furan rings is 1. The van der Waals surface area contributed by atoms with Crippen LogP contribution in [0.4, 0.5) is 5.88 Å². The average Bonchev–Trinajstić information content (AvgIpc) is 2.97. The zero-order valence-corrected chi connectivity index (χ0v) is 9.98. The molecule has 17 heavy (non-hydrogen) atoms. The summed E-state index contributed by atoms with van der Waals surface area (Å²) >= 11 is 0. The second-order valence-corrected chi connectivity index (χ2v) is 4.44. The SMILES string of the molecule is CC(CNc1ccc(C(=O)O)o1)N1CCCC1. The maximum atomic E-state index is 10.6. The van der Waals surface area contributed by atoms with Crippen LogP contribution >= 0.6 is 0 Å². The average molecular weight is 238 g/mol. The lowest BCUT2D eigenvalue weighted by molar-refractivity contribution is 0.0663. The first-order valence-electron chi connectivity index (χ1n) is 5.98. The van der Waals surface area contributed by atoms with Crippen molar-refractivity contribution < 1.29 is 14.3 Å². The Morgan fingerprint density at radius 2 is 2.24 bits per heavy atom. The van der Waals surface area contributed by atoms with Gasteiger partial charge < -0.3 is 14.8 Å². The molecule has 0 aliphatic carbocycles. The number of carboxylic acids is 1. The van der Waals surface area contributed by atoms with Gasteiger partial charge in [0.15, 0.2) is 5.88 Å². The van der Waals surface area contributed by atoms with E-state index in [1.54, 1.807) is 6.07 Å². The highest BCUT2D eigenvalue weighted by atomic mass is 16.4. The van der Waals surface area contributed by atoms with Crippen LogP contribution in [-0.2, 0) is 0 Å². The number of carbonyl (C=O) groups is 1. The topological polar surface area (TPSA) is 65.7 Å². The molecule has 2 heterocycles. The van der Waals surface area contributed by atoms with E-state index in [2.05, 4.69) is 17.1 Å². The van der Waals surface area contributed by atoms with Crippen LogP contribution in [0.5, 0.6) is 0 Å². The quantitative estimate of drug-likeness (QED) is 0.819. The molecule has 5 heteroatoms. The summed E-state index contributed by atoms with van der Waals surface area (Å²) in [7, 11) is 0. The van der Waals surface area contributed by atoms with Gasteiger partial charge in [-0.15, -0.1) is 0 Å². The summed E-state index contributed by atoms with van der Waals surface area (Å²) in [5.74, 6) is -0.541. The molecule has 1 aromatic rings. The van der Waals surface area contributed by atoms with E-state index in [1.165, 1.54) is 18.9 Å². The number of aromatic carboxylic acids is 1. The van der Waals surface area contributed by atoms with Gasteiger partial charge in [-0.3, -0.25) is 4.90 Å². The smallest absolute Gasteiger partial charge is 0.371 e. The molecule has 2 rings (SSSR count). The number of carboxylic acid groups (broad SMARTS) is 1. The van der Waals surface area contributed by atoms with Gasteiger partial charge in [0.25, 0.3) is 0 Å². The van der Waals surface area contributed by atoms with Gasteiger partial charge in [0.1, 0.15) is 0 Å². The molecule has 94 valence electrons. The molecule has 1 fully saturated rings. The van der Waals surface area contributed by atoms with E-state index >= 15 is 0 Å². The number of rotatable bonds is 5. The number of hydrogen-bond acceptors (Lipinski definition) is 4. The molecule has 5 nitrogen and oxygen atoms in total. The Balaban J connectivity index is 1.82. The minimum atomic E-state index is -1.04. The first-order valence-corrected chi connectivity index (χ1v) is 5.98. The lowest BCUT2D eigenvalue weighted by Gasteiger charge is -2.23. The standard InChI is InChI=1S/C12H18N2O3/c1-9(14-6-2-3-7-14)8-13-11-5-4-10(17-11)12(15)16/h4-5,9,13H,2-3,6-8H2,1H3,(H,15,16). The Kier molecular flexibility index (Phi) is 3.68. The lowest BCUT2D eigenvalue weighted by Crippen LogP contribution is -2.35. The van der Waals surface area contributed by atoms with E-state index < -0.39 is 5.97 Å². The molecule has 1 unspecified atom stereocenters. The fourth-order valence-electron chi connectivity index (χ4n) is 2.11. The maximum Gasteiger partial charge on any atom is 0.371 e. The predicted octanol–water partition coefficient (Wildman–Crippen LogP) is 1.87. The van der Waals surface area contributed by atoms with Crippen molar-refractivity contribution in [2.75, 3.05) is 25.0 Å². The molecule has 1 aromatic heterocycles. The molecule has 0 spiro atoms. The van der Waals surface area contributed by atoms with Crippen LogP contribution in [0.25, 0.3) is 0 Å². The molecule has 0 saturated carbocycles. The number of nitrogens with zero attached hydrogens (tertiary/aromatic N) is 1. The highest BCUT2D eigenvalue weighted by Gasteiger charge is 2.18. The van der Waals surface area contributed by atoms with Crippen LogP contribution in [0, 0.1) is 0 Å². The fourth-order valence-corrected chi connectivity index (χ4v) is 2.11. The molecule has 1 saturated heterocycles. The van der Waals surface area contributed by atoms with Gasteiger partial charge in [-0.1, -0.05) is 0 Å². The van der Waals surface area contributed by atoms with Crippen molar-refractivity contribution in [1.82, 2.24) is 4.90 Å². The number of anilines is 1. The van der Waals surface area contributed by atoms with Gasteiger partial charge in [-0.05, 0) is 38.9 Å². The van der Waals surface area contributed by atoms with E-state index in [9.17, 15) is 4.79 Å². The van der Waals surface area contributed by atoms with Crippen molar-refractivity contribution in [3.8, 4) is 0 Å². The van der Waals surface area contributed by atoms with Crippen molar-refractivity contribution in [2.24, 2.45) is 0 Å². The third-order valence-corrected chi connectivity index (χ3v) is 3.15. The van der Waals surface area contributed by atoms with Gasteiger partial charge in [-0.2, -0.15) is 0 Å². The van der Waals surface area contributed by atoms with Crippen molar-refractivity contribution in [2.45, 2.75) is 25.8 Å². The first-order chi connectivity index (χ1) is 8.16. The molecular weight excluding hydrogens is 220 g/mol. The van der Waals surface area contributed by atoms with Crippen LogP contribution in [0.15, 0.2) is 16.5 Å². The summed E-state index contributed by atoms with van der Waals surface area (Å²) in [5.41, 5.74) is 0. The Morgan fingerprint density at radius 1 is 1.53 bits per heavy atom. The maximum absolute atomic E-state index is 10.6. The van der Waals surface area contributed by atoms with Gasteiger partial charge >= 0.3 is 5.97 Å². The van der Waals surface area contributed by atoms with Crippen molar-refractivity contribution in [3.05, 3.63) is 17.9 Å². The van der Waals surface area contributed by atoms with E-state index in [4.69, 9.17) is 9.52 Å². The molecule has 0 radical (unpaired) electrons. The molecule has 2 N–H and O–H groups in total. The summed E-state index contributed by atoms with van der Waals surface area (Å²) in [6.07, 6.45) is 2.54. The number of likely N-dealkylation sites (tertiary alicyclic amines) is 1. The largest absolute Gasteiger partial charge is 0.475 e. The molecule has 1 aliphatic heterocycles. The number of hydrogen-bond donors (Lipinski definition) is 2. The first kappa shape index (κ1) is 12.0. The van der Waals surface area contributed by atoms with Crippen molar-refractivity contribution in [1.29, 1.82) is 0 Å². The Bertz CT molecular complexity index is 383. The lowest BCUT2D eigenvalue weighted by atomic mass is 10.3. The molecule has 0 amide bonds. The third kappa shape index (κ3) is 3.00. The molecule has 1 atom stereocenters. The van der Waals surface area contributed by atoms with Crippen LogP contribution in [-0.4, -0.2) is 41.7 Å². The van der Waals surface area contributed by atoms with Crippen molar-refractivity contribution >= 4 is 11.9 Å². The van der Waals surface area contributed by atoms with Crippen LogP contribution in [0.3, 0.4) is 0 Å². The summed E-state index contributed by atoms with van der Waals surface area (Å²) < 4.78 is 5.13. The van der Waals surface area contributed by atoms with Gasteiger partial charge in [0.05, 0.1) is 0 Å². The molecular formula is C12H18N2O3. The normalized spacial score (nSPS) is 18.2. The van der Waals surface area contributed by atoms with Crippen LogP contribution in [0.1, 0.15) is 30.3 Å². The van der Waals surface area contributed by atoms with Crippen LogP contribution in [0.2, 0.25) is 0 Å². The van der Waals surface area contributed by atoms with Gasteiger partial charge in [0, 0.05) is 18.7 Å². The second kappa shape index (κ2) is 5.23. The minimum Gasteiger partial charge on any atom is -0.475 e. The van der Waals surface area contributed by atoms with Crippen molar-refractivity contribution in [3.63, 3.8) is 0 Å². The van der Waals surface area contributed by atoms with Crippen LogP contribution < -0.4 is 5.32 Å². The minimum absolute atomic E-state index is 0.0266. The third-order valence-electron chi connectivity index (χ3n) is 3.15. The molecule has 0 aromatic carbocycles. The zero-order valence-electron chi connectivity index (χ0n) is 9.98. The summed E-state index contributed by atoms with van der Waals surface area (Å²) in [4.78, 5) is 13.1. The Hall–Kier alpha value is -1.49. The van der Waals surface area contributed by atoms with E-state index in [-0.39, 0.29) is 5.76 Å². The van der Waals surface area contributed by atoms with E-state index in [1.807, 2.05) is 0 Å². The van der Waals surface area contributed by atoms with Gasteiger partial charge in [0.2, 0.25) is 5.76 Å². The zero-order chi connectivity index (χ0) is 12.3. The summed E-state index contributed by atoms with van der Waals surface area (Å²) in [6.45, 7) is 5.24. The fraction of sp³-hybridized carbons (Fsp3) is 0.583. The molecule has 1 aliphatic rings. The number of nitrogens with one attached hydrogen (secondary N) is 1. The highest BCUT2D eigenvalue weighted by Crippen LogP contribution is 2.15. The second-order valence-electron chi connectivity index (χ2n) is 4.44. The van der Waals surface area contributed by atoms with Gasteiger partial charge in [-0.25, -0.2) is 4.79 Å². The summed E-state index contributed by atoms with van der Waals surface area (Å²) in [5, 5.41) is 11.8. The molecule has 0 bridgehead atoms. The highest BCUT2D eigenvalue weighted by molar-refractivity contribution is 5.84. The summed E-state index contributed by atoms with van der Waals surface area (Å²) in [6, 6.07) is 3.56. The van der Waals surface area contributed by atoms with E-state index in [0.717, 1.165) is 19.6 Å². The Morgan fingerprint density at radius 3 is 2.82 bits per heavy atom. The monoisotopic (exact) mass is 238 g/mol. The predicted molar refractivity (Wildman–Crippen MR) is 64.4 cm³/mol.